The molecule has 0 spiro atoms. The molecular weight excluding hydrogens is 252 g/mol. The molecule has 20 heavy (non-hydrogen) atoms. The van der Waals surface area contributed by atoms with E-state index in [1.807, 2.05) is 24.3 Å². The number of anilines is 1. The molecule has 2 aromatic heterocycles. The number of benzene rings is 1. The molecular formula is C16H14N2O2. The van der Waals surface area contributed by atoms with Crippen LogP contribution in [0, 0.1) is 0 Å². The van der Waals surface area contributed by atoms with Crippen LogP contribution in [0.15, 0.2) is 33.5 Å². The van der Waals surface area contributed by atoms with Crippen molar-refractivity contribution in [2.75, 3.05) is 5.73 Å². The van der Waals surface area contributed by atoms with E-state index in [1.165, 1.54) is 5.56 Å². The van der Waals surface area contributed by atoms with Gasteiger partial charge in [-0.25, -0.2) is 9.78 Å². The molecule has 0 amide bonds. The lowest BCUT2D eigenvalue weighted by Crippen LogP contribution is -2.13. The van der Waals surface area contributed by atoms with Gasteiger partial charge in [-0.3, -0.25) is 0 Å². The molecule has 2 heterocycles. The molecule has 1 aliphatic carbocycles. The number of aryl methyl sites for hydroxylation is 2. The number of fused-ring (bicyclic) bond motifs is 5. The fourth-order valence-corrected chi connectivity index (χ4v) is 3.18. The highest BCUT2D eigenvalue weighted by molar-refractivity contribution is 6.09. The maximum absolute atomic E-state index is 12.2. The highest BCUT2D eigenvalue weighted by Crippen LogP contribution is 2.33. The van der Waals surface area contributed by atoms with Gasteiger partial charge < -0.3 is 10.2 Å². The summed E-state index contributed by atoms with van der Waals surface area (Å²) in [7, 11) is 0. The Labute approximate surface area is 115 Å². The van der Waals surface area contributed by atoms with Crippen LogP contribution in [0.1, 0.15) is 24.1 Å². The van der Waals surface area contributed by atoms with Crippen LogP contribution < -0.4 is 11.4 Å². The predicted octanol–water partition coefficient (Wildman–Crippen LogP) is 2.80. The molecule has 100 valence electrons. The molecule has 3 aromatic rings. The minimum Gasteiger partial charge on any atom is -0.422 e. The highest BCUT2D eigenvalue weighted by Gasteiger charge is 2.20. The molecule has 1 aliphatic rings. The number of para-hydroxylation sites is 1. The second-order valence-corrected chi connectivity index (χ2v) is 5.27. The minimum absolute atomic E-state index is 0.292. The summed E-state index contributed by atoms with van der Waals surface area (Å²) >= 11 is 0. The number of hydrogen-bond acceptors (Lipinski definition) is 4. The summed E-state index contributed by atoms with van der Waals surface area (Å²) in [5, 5.41) is 2.33. The van der Waals surface area contributed by atoms with E-state index >= 15 is 0 Å². The fraction of sp³-hybridized carbons (Fsp3) is 0.250. The monoisotopic (exact) mass is 266 g/mol. The van der Waals surface area contributed by atoms with Crippen LogP contribution in [0.5, 0.6) is 0 Å². The number of nitrogen functional groups attached to an aromatic ring is 1. The average molecular weight is 266 g/mol. The van der Waals surface area contributed by atoms with Crippen molar-refractivity contribution >= 4 is 27.6 Å². The van der Waals surface area contributed by atoms with Crippen molar-refractivity contribution in [2.45, 2.75) is 25.7 Å². The normalized spacial score (nSPS) is 14.6. The number of hydrogen-bond donors (Lipinski definition) is 1. The largest absolute Gasteiger partial charge is 0.422 e. The molecule has 0 radical (unpaired) electrons. The van der Waals surface area contributed by atoms with E-state index < -0.39 is 5.63 Å². The first kappa shape index (κ1) is 11.5. The van der Waals surface area contributed by atoms with Crippen molar-refractivity contribution in [1.82, 2.24) is 4.98 Å². The Morgan fingerprint density at radius 2 is 1.90 bits per heavy atom. The SMILES string of the molecule is Nc1nc2c(c3c1c(=O)oc1ccccc13)CCCC2. The smallest absolute Gasteiger partial charge is 0.347 e. The van der Waals surface area contributed by atoms with Gasteiger partial charge in [0, 0.05) is 16.5 Å². The predicted molar refractivity (Wildman–Crippen MR) is 78.8 cm³/mol. The van der Waals surface area contributed by atoms with Crippen LogP contribution in [0.2, 0.25) is 0 Å². The molecule has 2 N–H and O–H groups in total. The first-order valence-corrected chi connectivity index (χ1v) is 6.88. The van der Waals surface area contributed by atoms with Gasteiger partial charge in [0.05, 0.1) is 0 Å². The number of rotatable bonds is 0. The van der Waals surface area contributed by atoms with Crippen molar-refractivity contribution in [3.8, 4) is 0 Å². The zero-order chi connectivity index (χ0) is 13.7. The Kier molecular flexibility index (Phi) is 2.33. The number of pyridine rings is 1. The van der Waals surface area contributed by atoms with Crippen molar-refractivity contribution in [3.05, 3.63) is 45.9 Å². The van der Waals surface area contributed by atoms with Crippen LogP contribution >= 0.6 is 0 Å². The molecule has 1 aromatic carbocycles. The summed E-state index contributed by atoms with van der Waals surface area (Å²) in [5.41, 5.74) is 8.43. The van der Waals surface area contributed by atoms with E-state index in [0.717, 1.165) is 42.1 Å². The van der Waals surface area contributed by atoms with Gasteiger partial charge in [0.2, 0.25) is 0 Å². The molecule has 4 nitrogen and oxygen atoms in total. The van der Waals surface area contributed by atoms with Crippen LogP contribution in [0.25, 0.3) is 21.7 Å². The average Bonchev–Trinajstić information content (AvgIpc) is 2.46. The topological polar surface area (TPSA) is 69.1 Å². The molecule has 4 heteroatoms. The van der Waals surface area contributed by atoms with Crippen LogP contribution in [-0.4, -0.2) is 4.98 Å². The summed E-state index contributed by atoms with van der Waals surface area (Å²) in [4.78, 5) is 16.6. The van der Waals surface area contributed by atoms with Gasteiger partial charge >= 0.3 is 5.63 Å². The second kappa shape index (κ2) is 4.07. The Balaban J connectivity index is 2.32. The van der Waals surface area contributed by atoms with E-state index in [1.54, 1.807) is 0 Å². The first-order chi connectivity index (χ1) is 9.75. The van der Waals surface area contributed by atoms with Crippen molar-refractivity contribution < 1.29 is 4.42 Å². The molecule has 0 atom stereocenters. The minimum atomic E-state index is -0.392. The van der Waals surface area contributed by atoms with Gasteiger partial charge in [-0.1, -0.05) is 18.2 Å². The van der Waals surface area contributed by atoms with E-state index in [-0.39, 0.29) is 0 Å². The standard InChI is InChI=1S/C16H14N2O2/c17-15-14-13(9-5-1-3-7-11(9)18-15)10-6-2-4-8-12(10)20-16(14)19/h2,4,6,8H,1,3,5,7H2,(H2,17,18). The molecule has 0 aliphatic heterocycles. The van der Waals surface area contributed by atoms with E-state index in [0.29, 0.717) is 16.8 Å². The lowest BCUT2D eigenvalue weighted by molar-refractivity contribution is 0.569. The molecule has 0 fully saturated rings. The summed E-state index contributed by atoms with van der Waals surface area (Å²) in [6, 6.07) is 7.62. The van der Waals surface area contributed by atoms with Crippen molar-refractivity contribution in [1.29, 1.82) is 0 Å². The number of aromatic nitrogens is 1. The molecule has 0 unspecified atom stereocenters. The zero-order valence-corrected chi connectivity index (χ0v) is 11.0. The Hall–Kier alpha value is -2.36. The summed E-state index contributed by atoms with van der Waals surface area (Å²) < 4.78 is 5.37. The van der Waals surface area contributed by atoms with Crippen LogP contribution in [-0.2, 0) is 12.8 Å². The lowest BCUT2D eigenvalue weighted by Gasteiger charge is -2.18. The van der Waals surface area contributed by atoms with E-state index in [2.05, 4.69) is 4.98 Å². The first-order valence-electron chi connectivity index (χ1n) is 6.88. The van der Waals surface area contributed by atoms with E-state index in [9.17, 15) is 4.79 Å². The van der Waals surface area contributed by atoms with Gasteiger partial charge in [-0.05, 0) is 37.3 Å². The fourth-order valence-electron chi connectivity index (χ4n) is 3.18. The van der Waals surface area contributed by atoms with Crippen molar-refractivity contribution in [2.24, 2.45) is 0 Å². The quantitative estimate of drug-likeness (QED) is 0.502. The molecule has 0 saturated heterocycles. The highest BCUT2D eigenvalue weighted by atomic mass is 16.4. The van der Waals surface area contributed by atoms with Gasteiger partial charge in [0.25, 0.3) is 0 Å². The van der Waals surface area contributed by atoms with Gasteiger partial charge in [-0.2, -0.15) is 0 Å². The second-order valence-electron chi connectivity index (χ2n) is 5.27. The Morgan fingerprint density at radius 3 is 2.80 bits per heavy atom. The summed E-state index contributed by atoms with van der Waals surface area (Å²) in [5.74, 6) is 0.292. The number of nitrogens with zero attached hydrogens (tertiary/aromatic N) is 1. The zero-order valence-electron chi connectivity index (χ0n) is 11.0. The third kappa shape index (κ3) is 1.48. The lowest BCUT2D eigenvalue weighted by atomic mass is 9.90. The van der Waals surface area contributed by atoms with Crippen LogP contribution in [0.3, 0.4) is 0 Å². The van der Waals surface area contributed by atoms with Gasteiger partial charge in [0.1, 0.15) is 16.8 Å². The molecule has 4 rings (SSSR count). The van der Waals surface area contributed by atoms with Crippen molar-refractivity contribution in [3.63, 3.8) is 0 Å². The van der Waals surface area contributed by atoms with Gasteiger partial charge in [0.15, 0.2) is 0 Å². The number of nitrogens with two attached hydrogens (primary N) is 1. The summed E-state index contributed by atoms with van der Waals surface area (Å²) in [6.07, 6.45) is 4.14. The maximum Gasteiger partial charge on any atom is 0.347 e. The van der Waals surface area contributed by atoms with Crippen LogP contribution in [0.4, 0.5) is 5.82 Å². The Morgan fingerprint density at radius 1 is 1.10 bits per heavy atom. The molecule has 0 saturated carbocycles. The Bertz CT molecular complexity index is 896. The summed E-state index contributed by atoms with van der Waals surface area (Å²) in [6.45, 7) is 0. The third-order valence-electron chi connectivity index (χ3n) is 4.07. The molecule has 0 bridgehead atoms. The third-order valence-corrected chi connectivity index (χ3v) is 4.07. The van der Waals surface area contributed by atoms with Gasteiger partial charge in [-0.15, -0.1) is 0 Å². The maximum atomic E-state index is 12.2. The van der Waals surface area contributed by atoms with E-state index in [4.69, 9.17) is 10.2 Å².